The summed E-state index contributed by atoms with van der Waals surface area (Å²) in [5.41, 5.74) is 2.88. The maximum Gasteiger partial charge on any atom is 0.416 e. The van der Waals surface area contributed by atoms with Gasteiger partial charge in [-0.15, -0.1) is 0 Å². The minimum atomic E-state index is -4.76. The van der Waals surface area contributed by atoms with Crippen LogP contribution in [0.5, 0.6) is 0 Å². The van der Waals surface area contributed by atoms with E-state index < -0.39 is 35.9 Å². The molecule has 0 amide bonds. The number of imidazole rings is 1. The lowest BCUT2D eigenvalue weighted by atomic mass is 9.99. The minimum Gasteiger partial charge on any atom is -0.327 e. The van der Waals surface area contributed by atoms with E-state index in [0.717, 1.165) is 47.3 Å². The van der Waals surface area contributed by atoms with Crippen molar-refractivity contribution in [2.45, 2.75) is 18.9 Å². The van der Waals surface area contributed by atoms with Crippen LogP contribution in [0.2, 0.25) is 0 Å². The summed E-state index contributed by atoms with van der Waals surface area (Å²) in [6, 6.07) is 5.46. The van der Waals surface area contributed by atoms with Gasteiger partial charge in [0.25, 0.3) is 0 Å². The summed E-state index contributed by atoms with van der Waals surface area (Å²) < 4.78 is 94.2. The standard InChI is InChI=1S/C19H14F7N3/c20-14(4-5-27)9-29-10-28-17-15(7-13(8-16(17)29)19(24,25)26)11-2-1-3-12(6-11)18(21,22)23/h1-4,6-8,10H,5,9,27H2/b14-4-. The minimum absolute atomic E-state index is 0.0258. The van der Waals surface area contributed by atoms with Gasteiger partial charge in [0.2, 0.25) is 0 Å². The van der Waals surface area contributed by atoms with Crippen molar-refractivity contribution >= 4 is 11.0 Å². The van der Waals surface area contributed by atoms with Crippen molar-refractivity contribution in [1.29, 1.82) is 0 Å². The van der Waals surface area contributed by atoms with Gasteiger partial charge in [0.15, 0.2) is 0 Å². The molecule has 0 saturated heterocycles. The van der Waals surface area contributed by atoms with Gasteiger partial charge in [0.1, 0.15) is 5.83 Å². The lowest BCUT2D eigenvalue weighted by Crippen LogP contribution is -2.07. The quantitative estimate of drug-likeness (QED) is 0.566. The normalized spacial score (nSPS) is 13.3. The van der Waals surface area contributed by atoms with Crippen LogP contribution in [-0.2, 0) is 18.9 Å². The molecule has 154 valence electrons. The Hall–Kier alpha value is -2.88. The fourth-order valence-corrected chi connectivity index (χ4v) is 2.89. The second-order valence-electron chi connectivity index (χ2n) is 6.23. The molecule has 3 rings (SSSR count). The molecule has 2 aromatic carbocycles. The van der Waals surface area contributed by atoms with E-state index in [9.17, 15) is 30.7 Å². The highest BCUT2D eigenvalue weighted by molar-refractivity contribution is 5.93. The Kier molecular flexibility index (Phi) is 5.40. The molecule has 0 fully saturated rings. The Morgan fingerprint density at radius 1 is 1.00 bits per heavy atom. The largest absolute Gasteiger partial charge is 0.416 e. The van der Waals surface area contributed by atoms with Crippen molar-refractivity contribution in [2.24, 2.45) is 5.73 Å². The zero-order chi connectivity index (χ0) is 21.4. The molecule has 0 aliphatic heterocycles. The molecule has 0 atom stereocenters. The summed E-state index contributed by atoms with van der Waals surface area (Å²) in [6.45, 7) is -0.501. The predicted octanol–water partition coefficient (Wildman–Crippen LogP) is 5.55. The molecule has 0 bridgehead atoms. The fraction of sp³-hybridized carbons (Fsp3) is 0.211. The summed E-state index contributed by atoms with van der Waals surface area (Å²) >= 11 is 0. The first-order valence-electron chi connectivity index (χ1n) is 8.29. The zero-order valence-corrected chi connectivity index (χ0v) is 14.7. The second kappa shape index (κ2) is 7.51. The second-order valence-corrected chi connectivity index (χ2v) is 6.23. The molecule has 0 radical (unpaired) electrons. The van der Waals surface area contributed by atoms with E-state index in [1.54, 1.807) is 0 Å². The molecule has 29 heavy (non-hydrogen) atoms. The van der Waals surface area contributed by atoms with E-state index in [0.29, 0.717) is 0 Å². The first kappa shape index (κ1) is 20.8. The molecule has 2 N–H and O–H groups in total. The summed E-state index contributed by atoms with van der Waals surface area (Å²) in [4.78, 5) is 4.01. The average molecular weight is 417 g/mol. The molecule has 3 aromatic rings. The van der Waals surface area contributed by atoms with Crippen LogP contribution in [0.3, 0.4) is 0 Å². The van der Waals surface area contributed by atoms with E-state index in [1.807, 2.05) is 0 Å². The lowest BCUT2D eigenvalue weighted by molar-refractivity contribution is -0.138. The number of nitrogens with zero attached hydrogens (tertiary/aromatic N) is 2. The number of hydrogen-bond acceptors (Lipinski definition) is 2. The van der Waals surface area contributed by atoms with Gasteiger partial charge in [-0.1, -0.05) is 12.1 Å². The molecular formula is C19H14F7N3. The third kappa shape index (κ3) is 4.42. The first-order chi connectivity index (χ1) is 13.5. The Labute approximate surface area is 160 Å². The maximum absolute atomic E-state index is 13.8. The van der Waals surface area contributed by atoms with E-state index >= 15 is 0 Å². The number of nitrogens with two attached hydrogens (primary N) is 1. The molecule has 0 aliphatic rings. The smallest absolute Gasteiger partial charge is 0.327 e. The molecule has 0 spiro atoms. The Bertz CT molecular complexity index is 1060. The molecule has 0 saturated carbocycles. The van der Waals surface area contributed by atoms with Gasteiger partial charge in [-0.05, 0) is 35.9 Å². The maximum atomic E-state index is 13.8. The van der Waals surface area contributed by atoms with E-state index in [2.05, 4.69) is 4.98 Å². The Morgan fingerprint density at radius 2 is 1.69 bits per heavy atom. The van der Waals surface area contributed by atoms with Crippen LogP contribution in [0.25, 0.3) is 22.2 Å². The van der Waals surface area contributed by atoms with Gasteiger partial charge in [0, 0.05) is 12.1 Å². The van der Waals surface area contributed by atoms with E-state index in [1.165, 1.54) is 6.07 Å². The summed E-state index contributed by atoms with van der Waals surface area (Å²) in [5, 5.41) is 0. The summed E-state index contributed by atoms with van der Waals surface area (Å²) in [7, 11) is 0. The molecule has 1 aromatic heterocycles. The van der Waals surface area contributed by atoms with Gasteiger partial charge in [-0.25, -0.2) is 9.37 Å². The van der Waals surface area contributed by atoms with Crippen molar-refractivity contribution in [3.8, 4) is 11.1 Å². The van der Waals surface area contributed by atoms with Crippen LogP contribution >= 0.6 is 0 Å². The van der Waals surface area contributed by atoms with Gasteiger partial charge in [-0.3, -0.25) is 0 Å². The van der Waals surface area contributed by atoms with Crippen LogP contribution in [0.4, 0.5) is 30.7 Å². The Balaban J connectivity index is 2.24. The van der Waals surface area contributed by atoms with Crippen molar-refractivity contribution in [1.82, 2.24) is 9.55 Å². The van der Waals surface area contributed by atoms with Crippen LogP contribution in [0, 0.1) is 0 Å². The number of fused-ring (bicyclic) bond motifs is 1. The number of alkyl halides is 6. The van der Waals surface area contributed by atoms with E-state index in [4.69, 9.17) is 5.73 Å². The Morgan fingerprint density at radius 3 is 2.31 bits per heavy atom. The molecule has 0 unspecified atom stereocenters. The fourth-order valence-electron chi connectivity index (χ4n) is 2.89. The molecule has 3 nitrogen and oxygen atoms in total. The number of halogens is 7. The van der Waals surface area contributed by atoms with Gasteiger partial charge < -0.3 is 10.3 Å². The van der Waals surface area contributed by atoms with Crippen molar-refractivity contribution in [3.05, 3.63) is 65.8 Å². The summed E-state index contributed by atoms with van der Waals surface area (Å²) in [6.07, 6.45) is -7.23. The molecular weight excluding hydrogens is 403 g/mol. The highest BCUT2D eigenvalue weighted by atomic mass is 19.4. The lowest BCUT2D eigenvalue weighted by Gasteiger charge is -2.13. The van der Waals surface area contributed by atoms with Gasteiger partial charge >= 0.3 is 12.4 Å². The topological polar surface area (TPSA) is 43.8 Å². The summed E-state index contributed by atoms with van der Waals surface area (Å²) in [5.74, 6) is -0.676. The van der Waals surface area contributed by atoms with Crippen LogP contribution < -0.4 is 5.73 Å². The third-order valence-electron chi connectivity index (χ3n) is 4.21. The highest BCUT2D eigenvalue weighted by Crippen LogP contribution is 2.38. The van der Waals surface area contributed by atoms with Crippen LogP contribution in [-0.4, -0.2) is 16.1 Å². The number of aromatic nitrogens is 2. The number of benzene rings is 2. The van der Waals surface area contributed by atoms with Gasteiger partial charge in [0.05, 0.1) is 35.0 Å². The third-order valence-corrected chi connectivity index (χ3v) is 4.21. The number of allylic oxidation sites excluding steroid dienone is 1. The molecule has 0 aliphatic carbocycles. The van der Waals surface area contributed by atoms with E-state index in [-0.39, 0.29) is 28.7 Å². The number of rotatable bonds is 4. The van der Waals surface area contributed by atoms with Crippen LogP contribution in [0.1, 0.15) is 11.1 Å². The van der Waals surface area contributed by atoms with Crippen molar-refractivity contribution in [2.75, 3.05) is 6.54 Å². The zero-order valence-electron chi connectivity index (χ0n) is 14.7. The monoisotopic (exact) mass is 417 g/mol. The van der Waals surface area contributed by atoms with Crippen molar-refractivity contribution < 1.29 is 30.7 Å². The van der Waals surface area contributed by atoms with Crippen LogP contribution in [0.15, 0.2) is 54.6 Å². The number of hydrogen-bond donors (Lipinski definition) is 1. The van der Waals surface area contributed by atoms with Gasteiger partial charge in [-0.2, -0.15) is 26.3 Å². The molecule has 1 heterocycles. The first-order valence-corrected chi connectivity index (χ1v) is 8.29. The average Bonchev–Trinajstić information content (AvgIpc) is 3.02. The van der Waals surface area contributed by atoms with Crippen molar-refractivity contribution in [3.63, 3.8) is 0 Å². The highest BCUT2D eigenvalue weighted by Gasteiger charge is 2.33. The molecule has 10 heteroatoms. The SMILES string of the molecule is NC/C=C(\F)Cn1cnc2c(-c3cccc(C(F)(F)F)c3)cc(C(F)(F)F)cc21. The predicted molar refractivity (Wildman–Crippen MR) is 93.4 cm³/mol.